The van der Waals surface area contributed by atoms with E-state index in [1.807, 2.05) is 20.8 Å². The van der Waals surface area contributed by atoms with E-state index < -0.39 is 21.7 Å². The summed E-state index contributed by atoms with van der Waals surface area (Å²) >= 11 is 0. The molecule has 1 aromatic carbocycles. The van der Waals surface area contributed by atoms with Crippen molar-refractivity contribution < 1.29 is 22.7 Å². The molecule has 178 valence electrons. The molecule has 2 fully saturated rings. The van der Waals surface area contributed by atoms with Crippen LogP contribution < -0.4 is 5.32 Å². The van der Waals surface area contributed by atoms with Gasteiger partial charge >= 0.3 is 6.09 Å². The number of rotatable bonds is 5. The average molecular weight is 466 g/mol. The van der Waals surface area contributed by atoms with E-state index in [-0.39, 0.29) is 23.3 Å². The molecule has 2 aliphatic heterocycles. The van der Waals surface area contributed by atoms with Gasteiger partial charge in [-0.05, 0) is 64.2 Å². The van der Waals surface area contributed by atoms with Crippen LogP contribution in [-0.4, -0.2) is 67.4 Å². The molecule has 0 radical (unpaired) electrons. The van der Waals surface area contributed by atoms with Crippen LogP contribution in [0.2, 0.25) is 0 Å². The molecular weight excluding hydrogens is 430 g/mol. The van der Waals surface area contributed by atoms with Crippen molar-refractivity contribution in [2.24, 2.45) is 0 Å². The minimum absolute atomic E-state index is 0.00632. The Bertz CT molecular complexity index is 895. The molecule has 0 aromatic heterocycles. The predicted octanol–water partition coefficient (Wildman–Crippen LogP) is 2.92. The first kappa shape index (κ1) is 24.5. The number of nitrogens with one attached hydrogen (secondary N) is 1. The molecule has 0 bridgehead atoms. The van der Waals surface area contributed by atoms with Crippen molar-refractivity contribution in [3.63, 3.8) is 0 Å². The Hall–Kier alpha value is -2.13. The third-order valence-electron chi connectivity index (χ3n) is 5.80. The lowest BCUT2D eigenvalue weighted by molar-refractivity contribution is -0.131. The SMILES string of the molecule is CC(C)(C)OC(=O)NC1CCN(C(=O)Cc2ccc(S(=O)(=O)N3CCCCC3)cc2)CC1. The molecule has 0 saturated carbocycles. The van der Waals surface area contributed by atoms with E-state index in [1.165, 1.54) is 0 Å². The van der Waals surface area contributed by atoms with E-state index in [2.05, 4.69) is 5.32 Å². The summed E-state index contributed by atoms with van der Waals surface area (Å²) in [6.45, 7) is 7.75. The molecule has 0 atom stereocenters. The molecule has 0 spiro atoms. The third kappa shape index (κ3) is 6.68. The van der Waals surface area contributed by atoms with Gasteiger partial charge in [0.25, 0.3) is 0 Å². The monoisotopic (exact) mass is 465 g/mol. The summed E-state index contributed by atoms with van der Waals surface area (Å²) in [7, 11) is -3.46. The molecule has 2 aliphatic rings. The Balaban J connectivity index is 1.49. The van der Waals surface area contributed by atoms with Crippen molar-refractivity contribution in [2.45, 2.75) is 75.8 Å². The minimum atomic E-state index is -3.46. The van der Waals surface area contributed by atoms with Crippen molar-refractivity contribution in [3.05, 3.63) is 29.8 Å². The van der Waals surface area contributed by atoms with Crippen LogP contribution in [0.5, 0.6) is 0 Å². The van der Waals surface area contributed by atoms with Gasteiger partial charge in [-0.25, -0.2) is 13.2 Å². The van der Waals surface area contributed by atoms with E-state index in [0.29, 0.717) is 39.0 Å². The smallest absolute Gasteiger partial charge is 0.407 e. The number of hydrogen-bond donors (Lipinski definition) is 1. The Kier molecular flexibility index (Phi) is 7.82. The molecule has 2 amide bonds. The highest BCUT2D eigenvalue weighted by molar-refractivity contribution is 7.89. The van der Waals surface area contributed by atoms with Gasteiger partial charge in [0.05, 0.1) is 11.3 Å². The van der Waals surface area contributed by atoms with Crippen LogP contribution in [0, 0.1) is 0 Å². The highest BCUT2D eigenvalue weighted by Gasteiger charge is 2.27. The van der Waals surface area contributed by atoms with Crippen molar-refractivity contribution in [1.29, 1.82) is 0 Å². The maximum Gasteiger partial charge on any atom is 0.407 e. The van der Waals surface area contributed by atoms with Crippen LogP contribution in [0.3, 0.4) is 0 Å². The number of likely N-dealkylation sites (tertiary alicyclic amines) is 1. The second kappa shape index (κ2) is 10.2. The predicted molar refractivity (Wildman–Crippen MR) is 122 cm³/mol. The lowest BCUT2D eigenvalue weighted by Crippen LogP contribution is -2.48. The van der Waals surface area contributed by atoms with Gasteiger partial charge in [0, 0.05) is 32.2 Å². The molecule has 32 heavy (non-hydrogen) atoms. The first-order chi connectivity index (χ1) is 15.0. The fourth-order valence-electron chi connectivity index (χ4n) is 4.07. The summed E-state index contributed by atoms with van der Waals surface area (Å²) in [6, 6.07) is 6.65. The number of ether oxygens (including phenoxy) is 1. The summed E-state index contributed by atoms with van der Waals surface area (Å²) in [5.74, 6) is 0.00681. The standard InChI is InChI=1S/C23H35N3O5S/c1-23(2,3)31-22(28)24-19-11-15-25(16-12-19)21(27)17-18-7-9-20(10-8-18)32(29,30)26-13-5-4-6-14-26/h7-10,19H,4-6,11-17H2,1-3H3,(H,24,28). The summed E-state index contributed by atoms with van der Waals surface area (Å²) in [5.41, 5.74) is 0.255. The van der Waals surface area contributed by atoms with E-state index in [9.17, 15) is 18.0 Å². The van der Waals surface area contributed by atoms with Gasteiger partial charge in [0.2, 0.25) is 15.9 Å². The molecule has 9 heteroatoms. The van der Waals surface area contributed by atoms with Crippen LogP contribution >= 0.6 is 0 Å². The Morgan fingerprint density at radius 2 is 1.59 bits per heavy atom. The molecule has 0 unspecified atom stereocenters. The van der Waals surface area contributed by atoms with Crippen LogP contribution in [0.1, 0.15) is 58.4 Å². The van der Waals surface area contributed by atoms with E-state index in [4.69, 9.17) is 4.74 Å². The number of carbonyl (C=O) groups is 2. The van der Waals surface area contributed by atoms with Gasteiger partial charge in [0.1, 0.15) is 5.60 Å². The Morgan fingerprint density at radius 1 is 1.00 bits per heavy atom. The number of alkyl carbamates (subject to hydrolysis) is 1. The highest BCUT2D eigenvalue weighted by Crippen LogP contribution is 2.21. The average Bonchev–Trinajstić information content (AvgIpc) is 2.74. The molecule has 8 nitrogen and oxygen atoms in total. The zero-order chi connectivity index (χ0) is 23.4. The molecule has 0 aliphatic carbocycles. The summed E-state index contributed by atoms with van der Waals surface area (Å²) in [4.78, 5) is 26.7. The van der Waals surface area contributed by atoms with Crippen molar-refractivity contribution in [2.75, 3.05) is 26.2 Å². The summed E-state index contributed by atoms with van der Waals surface area (Å²) in [6.07, 6.45) is 4.03. The fourth-order valence-corrected chi connectivity index (χ4v) is 5.58. The Morgan fingerprint density at radius 3 is 2.16 bits per heavy atom. The van der Waals surface area contributed by atoms with Crippen LogP contribution in [-0.2, 0) is 26.0 Å². The number of benzene rings is 1. The highest BCUT2D eigenvalue weighted by atomic mass is 32.2. The lowest BCUT2D eigenvalue weighted by Gasteiger charge is -2.33. The number of carbonyl (C=O) groups excluding carboxylic acids is 2. The maximum atomic E-state index is 12.8. The largest absolute Gasteiger partial charge is 0.444 e. The summed E-state index contributed by atoms with van der Waals surface area (Å²) in [5, 5.41) is 2.87. The first-order valence-electron chi connectivity index (χ1n) is 11.4. The van der Waals surface area contributed by atoms with Gasteiger partial charge < -0.3 is 15.0 Å². The molecule has 2 saturated heterocycles. The van der Waals surface area contributed by atoms with Crippen molar-refractivity contribution in [1.82, 2.24) is 14.5 Å². The van der Waals surface area contributed by atoms with Gasteiger partial charge in [-0.15, -0.1) is 0 Å². The van der Waals surface area contributed by atoms with Gasteiger partial charge in [-0.2, -0.15) is 4.31 Å². The molecule has 1 aromatic rings. The number of sulfonamides is 1. The van der Waals surface area contributed by atoms with Gasteiger partial charge in [0.15, 0.2) is 0 Å². The van der Waals surface area contributed by atoms with Crippen LogP contribution in [0.25, 0.3) is 0 Å². The number of hydrogen-bond acceptors (Lipinski definition) is 5. The second-order valence-electron chi connectivity index (χ2n) is 9.59. The second-order valence-corrected chi connectivity index (χ2v) is 11.5. The van der Waals surface area contributed by atoms with Crippen LogP contribution in [0.15, 0.2) is 29.2 Å². The molecule has 1 N–H and O–H groups in total. The van der Waals surface area contributed by atoms with Crippen LogP contribution in [0.4, 0.5) is 4.79 Å². The van der Waals surface area contributed by atoms with Crippen molar-refractivity contribution in [3.8, 4) is 0 Å². The molecule has 2 heterocycles. The van der Waals surface area contributed by atoms with Crippen molar-refractivity contribution >= 4 is 22.0 Å². The Labute approximate surface area is 191 Å². The molecular formula is C23H35N3O5S. The van der Waals surface area contributed by atoms with Gasteiger partial charge in [-0.3, -0.25) is 4.79 Å². The number of nitrogens with zero attached hydrogens (tertiary/aromatic N) is 2. The maximum absolute atomic E-state index is 12.8. The lowest BCUT2D eigenvalue weighted by atomic mass is 10.0. The fraction of sp³-hybridized carbons (Fsp3) is 0.652. The summed E-state index contributed by atoms with van der Waals surface area (Å²) < 4.78 is 32.4. The van der Waals surface area contributed by atoms with E-state index >= 15 is 0 Å². The van der Waals surface area contributed by atoms with E-state index in [0.717, 1.165) is 24.8 Å². The first-order valence-corrected chi connectivity index (χ1v) is 12.8. The quantitative estimate of drug-likeness (QED) is 0.721. The zero-order valence-corrected chi connectivity index (χ0v) is 20.1. The molecule has 3 rings (SSSR count). The zero-order valence-electron chi connectivity index (χ0n) is 19.3. The third-order valence-corrected chi connectivity index (χ3v) is 7.71. The van der Waals surface area contributed by atoms with Gasteiger partial charge in [-0.1, -0.05) is 18.6 Å². The number of amides is 2. The number of piperidine rings is 2. The minimum Gasteiger partial charge on any atom is -0.444 e. The van der Waals surface area contributed by atoms with E-state index in [1.54, 1.807) is 33.5 Å². The normalized spacial score (nSPS) is 18.9. The topological polar surface area (TPSA) is 96.0 Å².